The van der Waals surface area contributed by atoms with Crippen molar-refractivity contribution in [1.82, 2.24) is 9.78 Å². The largest absolute Gasteiger partial charge is 0.406 e. The molecule has 4 fully saturated rings. The fraction of sp³-hybridized carbons (Fsp3) is 0.458. The number of carbonyl (C=O) groups is 1. The highest BCUT2D eigenvalue weighted by Crippen LogP contribution is 2.61. The van der Waals surface area contributed by atoms with Crippen LogP contribution in [0.3, 0.4) is 0 Å². The zero-order chi connectivity index (χ0) is 20.3. The number of aromatic nitrogens is 2. The van der Waals surface area contributed by atoms with E-state index in [4.69, 9.17) is 21.3 Å². The van der Waals surface area contributed by atoms with Crippen molar-refractivity contribution < 1.29 is 9.53 Å². The molecule has 5 aliphatic rings. The predicted octanol–water partition coefficient (Wildman–Crippen LogP) is 5.10. The van der Waals surface area contributed by atoms with Crippen LogP contribution >= 0.6 is 11.6 Å². The maximum Gasteiger partial charge on any atom is 0.363 e. The first-order valence-corrected chi connectivity index (χ1v) is 11.2. The minimum Gasteiger partial charge on any atom is -0.406 e. The molecule has 2 heterocycles. The van der Waals surface area contributed by atoms with Gasteiger partial charge in [-0.15, -0.1) is 0 Å². The maximum atomic E-state index is 12.6. The van der Waals surface area contributed by atoms with E-state index < -0.39 is 0 Å². The van der Waals surface area contributed by atoms with Gasteiger partial charge in [0.1, 0.15) is 0 Å². The Hall–Kier alpha value is -2.40. The van der Waals surface area contributed by atoms with Crippen LogP contribution < -0.4 is 0 Å². The molecule has 4 saturated carbocycles. The lowest BCUT2D eigenvalue weighted by Crippen LogP contribution is -2.50. The lowest BCUT2D eigenvalue weighted by molar-refractivity contribution is -0.131. The van der Waals surface area contributed by atoms with E-state index in [1.807, 2.05) is 35.1 Å². The van der Waals surface area contributed by atoms with Crippen molar-refractivity contribution in [2.75, 3.05) is 0 Å². The standard InChI is InChI=1S/C24H24ClN3O2/c25-20-4-2-1-3-19(20)14-28-13-18(12-26-28)8-21-22(29)30-23(27-21)24-9-15-5-16(10-24)7-17(6-15)11-24/h1-4,8,12-13,15-17H,5-7,9-11,14H2/b21-8-. The van der Waals surface area contributed by atoms with Crippen LogP contribution in [0.25, 0.3) is 6.08 Å². The summed E-state index contributed by atoms with van der Waals surface area (Å²) in [7, 11) is 0. The molecule has 0 N–H and O–H groups in total. The number of esters is 1. The average Bonchev–Trinajstić information content (AvgIpc) is 3.30. The molecule has 6 heteroatoms. The number of aliphatic imine (C=N–C) groups is 1. The van der Waals surface area contributed by atoms with E-state index in [2.05, 4.69) is 5.10 Å². The van der Waals surface area contributed by atoms with Gasteiger partial charge in [-0.2, -0.15) is 5.10 Å². The Morgan fingerprint density at radius 3 is 2.53 bits per heavy atom. The molecule has 4 aliphatic carbocycles. The number of benzene rings is 1. The van der Waals surface area contributed by atoms with Gasteiger partial charge >= 0.3 is 5.97 Å². The van der Waals surface area contributed by atoms with E-state index in [-0.39, 0.29) is 11.4 Å². The van der Waals surface area contributed by atoms with Crippen molar-refractivity contribution in [3.8, 4) is 0 Å². The first kappa shape index (κ1) is 18.4. The molecule has 0 radical (unpaired) electrons. The molecule has 7 rings (SSSR count). The van der Waals surface area contributed by atoms with Gasteiger partial charge in [-0.05, 0) is 74.0 Å². The normalized spacial score (nSPS) is 33.2. The average molecular weight is 422 g/mol. The molecule has 4 bridgehead atoms. The molecule has 0 amide bonds. The zero-order valence-corrected chi connectivity index (χ0v) is 17.5. The molecule has 2 aromatic rings. The molecule has 0 unspecified atom stereocenters. The summed E-state index contributed by atoms with van der Waals surface area (Å²) in [5.74, 6) is 2.71. The van der Waals surface area contributed by atoms with Gasteiger partial charge in [0.15, 0.2) is 5.70 Å². The highest BCUT2D eigenvalue weighted by atomic mass is 35.5. The Kier molecular flexibility index (Phi) is 4.17. The fourth-order valence-corrected chi connectivity index (χ4v) is 6.70. The SMILES string of the molecule is O=C1OC(C23CC4CC(CC(C4)C2)C3)=N/C1=C\c1cnn(Cc2ccccc2Cl)c1. The van der Waals surface area contributed by atoms with E-state index in [1.54, 1.807) is 12.3 Å². The number of ether oxygens (including phenoxy) is 1. The van der Waals surface area contributed by atoms with Crippen LogP contribution in [-0.2, 0) is 16.1 Å². The Morgan fingerprint density at radius 2 is 1.83 bits per heavy atom. The van der Waals surface area contributed by atoms with E-state index in [0.29, 0.717) is 18.1 Å². The Bertz CT molecular complexity index is 1050. The minimum atomic E-state index is -0.334. The van der Waals surface area contributed by atoms with Crippen LogP contribution in [0.5, 0.6) is 0 Å². The lowest BCUT2D eigenvalue weighted by atomic mass is 9.49. The van der Waals surface area contributed by atoms with Gasteiger partial charge in [-0.25, -0.2) is 9.79 Å². The van der Waals surface area contributed by atoms with E-state index in [0.717, 1.165) is 53.2 Å². The van der Waals surface area contributed by atoms with Crippen LogP contribution in [0.15, 0.2) is 47.3 Å². The molecule has 0 saturated heterocycles. The summed E-state index contributed by atoms with van der Waals surface area (Å²) in [6.45, 7) is 0.578. The third-order valence-electron chi connectivity index (χ3n) is 7.36. The van der Waals surface area contributed by atoms with Gasteiger partial charge in [-0.3, -0.25) is 4.68 Å². The van der Waals surface area contributed by atoms with Crippen LogP contribution in [-0.4, -0.2) is 21.6 Å². The molecule has 5 nitrogen and oxygen atoms in total. The first-order valence-electron chi connectivity index (χ1n) is 10.9. The summed E-state index contributed by atoms with van der Waals surface area (Å²) in [5.41, 5.74) is 2.22. The molecule has 0 spiro atoms. The summed E-state index contributed by atoms with van der Waals surface area (Å²) < 4.78 is 7.56. The molecular weight excluding hydrogens is 398 g/mol. The topological polar surface area (TPSA) is 56.5 Å². The highest BCUT2D eigenvalue weighted by Gasteiger charge is 2.55. The fourth-order valence-electron chi connectivity index (χ4n) is 6.51. The van der Waals surface area contributed by atoms with Crippen molar-refractivity contribution in [2.45, 2.75) is 45.1 Å². The van der Waals surface area contributed by atoms with Gasteiger partial charge in [-0.1, -0.05) is 29.8 Å². The van der Waals surface area contributed by atoms with Gasteiger partial charge in [0, 0.05) is 22.2 Å². The molecule has 30 heavy (non-hydrogen) atoms. The first-order chi connectivity index (χ1) is 14.6. The summed E-state index contributed by atoms with van der Waals surface area (Å²) >= 11 is 6.25. The lowest BCUT2D eigenvalue weighted by Gasteiger charge is -2.55. The third-order valence-corrected chi connectivity index (χ3v) is 7.73. The van der Waals surface area contributed by atoms with Crippen molar-refractivity contribution in [1.29, 1.82) is 0 Å². The van der Waals surface area contributed by atoms with E-state index in [9.17, 15) is 4.79 Å². The summed E-state index contributed by atoms with van der Waals surface area (Å²) in [4.78, 5) is 17.3. The Labute approximate surface area is 180 Å². The quantitative estimate of drug-likeness (QED) is 0.510. The number of cyclic esters (lactones) is 1. The minimum absolute atomic E-state index is 0.00571. The zero-order valence-electron chi connectivity index (χ0n) is 16.8. The molecule has 0 atom stereocenters. The number of rotatable bonds is 4. The smallest absolute Gasteiger partial charge is 0.363 e. The predicted molar refractivity (Wildman–Crippen MR) is 115 cm³/mol. The van der Waals surface area contributed by atoms with Crippen molar-refractivity contribution in [3.63, 3.8) is 0 Å². The Balaban J connectivity index is 1.24. The number of nitrogens with zero attached hydrogens (tertiary/aromatic N) is 3. The second-order valence-electron chi connectivity index (χ2n) is 9.60. The van der Waals surface area contributed by atoms with Gasteiger partial charge in [0.05, 0.1) is 12.7 Å². The van der Waals surface area contributed by atoms with Gasteiger partial charge < -0.3 is 4.74 Å². The highest BCUT2D eigenvalue weighted by molar-refractivity contribution is 6.31. The number of halogens is 1. The maximum absolute atomic E-state index is 12.6. The van der Waals surface area contributed by atoms with E-state index >= 15 is 0 Å². The van der Waals surface area contributed by atoms with E-state index in [1.165, 1.54) is 19.3 Å². The Morgan fingerprint density at radius 1 is 1.13 bits per heavy atom. The summed E-state index contributed by atoms with van der Waals surface area (Å²) in [6.07, 6.45) is 12.9. The third kappa shape index (κ3) is 3.11. The van der Waals surface area contributed by atoms with Crippen LogP contribution in [0, 0.1) is 23.2 Å². The van der Waals surface area contributed by atoms with Crippen LogP contribution in [0.2, 0.25) is 5.02 Å². The molecule has 1 aromatic heterocycles. The molecule has 1 aliphatic heterocycles. The summed E-state index contributed by atoms with van der Waals surface area (Å²) in [5, 5.41) is 5.13. The molecule has 154 valence electrons. The van der Waals surface area contributed by atoms with Crippen molar-refractivity contribution >= 4 is 29.5 Å². The van der Waals surface area contributed by atoms with Gasteiger partial charge in [0.25, 0.3) is 0 Å². The number of hydrogen-bond acceptors (Lipinski definition) is 4. The number of carbonyl (C=O) groups excluding carboxylic acids is 1. The van der Waals surface area contributed by atoms with Crippen LogP contribution in [0.4, 0.5) is 0 Å². The van der Waals surface area contributed by atoms with Gasteiger partial charge in [0.2, 0.25) is 5.90 Å². The van der Waals surface area contributed by atoms with Crippen molar-refractivity contribution in [2.24, 2.45) is 28.2 Å². The molecular formula is C24H24ClN3O2. The second-order valence-corrected chi connectivity index (χ2v) is 10.0. The van der Waals surface area contributed by atoms with Crippen molar-refractivity contribution in [3.05, 3.63) is 58.5 Å². The van der Waals surface area contributed by atoms with Crippen LogP contribution in [0.1, 0.15) is 49.7 Å². The second kappa shape index (κ2) is 6.81. The number of hydrogen-bond donors (Lipinski definition) is 0. The molecule has 1 aromatic carbocycles. The monoisotopic (exact) mass is 421 g/mol. The summed E-state index contributed by atoms with van der Waals surface area (Å²) in [6, 6.07) is 7.73.